The maximum atomic E-state index is 15.1. The Bertz CT molecular complexity index is 1330. The van der Waals surface area contributed by atoms with Gasteiger partial charge in [0.1, 0.15) is 11.6 Å². The Morgan fingerprint density at radius 1 is 1.17 bits per heavy atom. The zero-order valence-electron chi connectivity index (χ0n) is 20.1. The number of hydrogen-bond donors (Lipinski definition) is 2. The largest absolute Gasteiger partial charge is 0.345 e. The first-order valence-corrected chi connectivity index (χ1v) is 12.5. The normalized spacial score (nSPS) is 19.6. The molecule has 184 valence electrons. The van der Waals surface area contributed by atoms with Crippen LogP contribution in [0.25, 0.3) is 10.8 Å². The average Bonchev–Trinajstić information content (AvgIpc) is 3.53. The van der Waals surface area contributed by atoms with Gasteiger partial charge in [0.2, 0.25) is 0 Å². The first kappa shape index (κ1) is 23.7. The van der Waals surface area contributed by atoms with Gasteiger partial charge in [0.25, 0.3) is 11.5 Å². The molecule has 0 bridgehead atoms. The standard InChI is InChI=1S/C28H31F2N3O2/c1-3-23(22-11-6-14-31-22)33-16(2)24(20-9-5-10-21(30)25(20)28(33)35)27(34)32-26(17-12-13-17)18-7-4-8-19(29)15-18/h4-5,7-10,15,17,22-23,26,31H,3,6,11-14H2,1-2H3,(H,32,34)/t22-,23?,26+/m1/s1. The molecule has 2 aromatic carbocycles. The fourth-order valence-electron chi connectivity index (χ4n) is 5.73. The number of nitrogens with zero attached hydrogens (tertiary/aromatic N) is 1. The summed E-state index contributed by atoms with van der Waals surface area (Å²) in [4.78, 5) is 27.5. The third-order valence-corrected chi connectivity index (χ3v) is 7.57. The summed E-state index contributed by atoms with van der Waals surface area (Å²) in [5, 5.41) is 6.82. The molecule has 7 heteroatoms. The second-order valence-electron chi connectivity index (χ2n) is 9.82. The smallest absolute Gasteiger partial charge is 0.261 e. The SMILES string of the molecule is CCC([C@H]1CCCN1)n1c(C)c(C(=O)N[C@H](c2cccc(F)c2)C2CC2)c2cccc(F)c2c1=O. The third-order valence-electron chi connectivity index (χ3n) is 7.57. The zero-order chi connectivity index (χ0) is 24.7. The van der Waals surface area contributed by atoms with Crippen molar-refractivity contribution in [2.45, 2.75) is 64.1 Å². The molecule has 1 saturated carbocycles. The number of nitrogens with one attached hydrogen (secondary N) is 2. The topological polar surface area (TPSA) is 63.1 Å². The fraction of sp³-hybridized carbons (Fsp3) is 0.429. The highest BCUT2D eigenvalue weighted by molar-refractivity contribution is 6.08. The summed E-state index contributed by atoms with van der Waals surface area (Å²) < 4.78 is 30.6. The van der Waals surface area contributed by atoms with Crippen molar-refractivity contribution < 1.29 is 13.6 Å². The van der Waals surface area contributed by atoms with Crippen LogP contribution in [-0.2, 0) is 0 Å². The average molecular weight is 480 g/mol. The molecule has 3 atom stereocenters. The van der Waals surface area contributed by atoms with E-state index in [9.17, 15) is 14.0 Å². The lowest BCUT2D eigenvalue weighted by atomic mass is 9.97. The van der Waals surface area contributed by atoms with Gasteiger partial charge in [-0.2, -0.15) is 0 Å². The minimum Gasteiger partial charge on any atom is -0.345 e. The van der Waals surface area contributed by atoms with Crippen LogP contribution in [0.1, 0.15) is 72.7 Å². The van der Waals surface area contributed by atoms with E-state index in [1.54, 1.807) is 23.6 Å². The summed E-state index contributed by atoms with van der Waals surface area (Å²) in [5.41, 5.74) is 1.14. The van der Waals surface area contributed by atoms with Crippen LogP contribution in [-0.4, -0.2) is 23.1 Å². The molecule has 0 spiro atoms. The van der Waals surface area contributed by atoms with Crippen LogP contribution in [0, 0.1) is 24.5 Å². The van der Waals surface area contributed by atoms with Gasteiger partial charge in [0.05, 0.1) is 23.0 Å². The predicted octanol–water partition coefficient (Wildman–Crippen LogP) is 5.17. The number of halogens is 2. The van der Waals surface area contributed by atoms with E-state index >= 15 is 4.39 Å². The molecule has 1 aliphatic carbocycles. The summed E-state index contributed by atoms with van der Waals surface area (Å²) >= 11 is 0. The Labute approximate surface area is 203 Å². The number of aromatic nitrogens is 1. The van der Waals surface area contributed by atoms with Crippen molar-refractivity contribution in [1.82, 2.24) is 15.2 Å². The van der Waals surface area contributed by atoms with Crippen LogP contribution < -0.4 is 16.2 Å². The van der Waals surface area contributed by atoms with Gasteiger partial charge < -0.3 is 15.2 Å². The number of benzene rings is 2. The van der Waals surface area contributed by atoms with Crippen molar-refractivity contribution >= 4 is 16.7 Å². The van der Waals surface area contributed by atoms with E-state index in [0.29, 0.717) is 28.6 Å². The van der Waals surface area contributed by atoms with Crippen LogP contribution in [0.4, 0.5) is 8.78 Å². The summed E-state index contributed by atoms with van der Waals surface area (Å²) in [6.07, 6.45) is 4.50. The van der Waals surface area contributed by atoms with Gasteiger partial charge in [-0.05, 0) is 75.3 Å². The molecule has 1 unspecified atom stereocenters. The molecular weight excluding hydrogens is 448 g/mol. The highest BCUT2D eigenvalue weighted by Gasteiger charge is 2.35. The fourth-order valence-corrected chi connectivity index (χ4v) is 5.73. The van der Waals surface area contributed by atoms with Gasteiger partial charge in [-0.15, -0.1) is 0 Å². The van der Waals surface area contributed by atoms with Crippen LogP contribution in [0.3, 0.4) is 0 Å². The van der Waals surface area contributed by atoms with Crippen LogP contribution >= 0.6 is 0 Å². The lowest BCUT2D eigenvalue weighted by Gasteiger charge is -2.29. The van der Waals surface area contributed by atoms with E-state index in [4.69, 9.17) is 0 Å². The first-order chi connectivity index (χ1) is 16.9. The number of amides is 1. The van der Waals surface area contributed by atoms with Crippen LogP contribution in [0.5, 0.6) is 0 Å². The highest BCUT2D eigenvalue weighted by Crippen LogP contribution is 2.41. The first-order valence-electron chi connectivity index (χ1n) is 12.5. The predicted molar refractivity (Wildman–Crippen MR) is 133 cm³/mol. The lowest BCUT2D eigenvalue weighted by molar-refractivity contribution is 0.0931. The highest BCUT2D eigenvalue weighted by atomic mass is 19.1. The number of pyridine rings is 1. The van der Waals surface area contributed by atoms with E-state index in [1.165, 1.54) is 24.3 Å². The van der Waals surface area contributed by atoms with Crippen LogP contribution in [0.15, 0.2) is 47.3 Å². The van der Waals surface area contributed by atoms with Crippen molar-refractivity contribution in [3.63, 3.8) is 0 Å². The Balaban J connectivity index is 1.64. The quantitative estimate of drug-likeness (QED) is 0.491. The minimum absolute atomic E-state index is 0.0616. The summed E-state index contributed by atoms with van der Waals surface area (Å²) in [6.45, 7) is 4.66. The molecule has 0 radical (unpaired) electrons. The summed E-state index contributed by atoms with van der Waals surface area (Å²) in [7, 11) is 0. The molecular formula is C28H31F2N3O2. The molecule has 1 saturated heterocycles. The number of rotatable bonds is 7. The van der Waals surface area contributed by atoms with Crippen molar-refractivity contribution in [2.75, 3.05) is 6.54 Å². The van der Waals surface area contributed by atoms with E-state index < -0.39 is 11.4 Å². The van der Waals surface area contributed by atoms with E-state index in [0.717, 1.165) is 32.2 Å². The monoisotopic (exact) mass is 479 g/mol. The number of carbonyl (C=O) groups excluding carboxylic acids is 1. The molecule has 5 nitrogen and oxygen atoms in total. The third kappa shape index (κ3) is 4.38. The van der Waals surface area contributed by atoms with E-state index in [1.807, 2.05) is 13.0 Å². The molecule has 1 aliphatic heterocycles. The maximum Gasteiger partial charge on any atom is 0.261 e. The Morgan fingerprint density at radius 2 is 1.94 bits per heavy atom. The summed E-state index contributed by atoms with van der Waals surface area (Å²) in [6, 6.07) is 10.3. The summed E-state index contributed by atoms with van der Waals surface area (Å²) in [5.74, 6) is -1.13. The van der Waals surface area contributed by atoms with Gasteiger partial charge in [0, 0.05) is 17.1 Å². The zero-order valence-corrected chi connectivity index (χ0v) is 20.1. The second-order valence-corrected chi connectivity index (χ2v) is 9.82. The number of hydrogen-bond acceptors (Lipinski definition) is 3. The Hall–Kier alpha value is -3.06. The van der Waals surface area contributed by atoms with Gasteiger partial charge >= 0.3 is 0 Å². The second kappa shape index (κ2) is 9.53. The molecule has 5 rings (SSSR count). The van der Waals surface area contributed by atoms with Gasteiger partial charge in [-0.1, -0.05) is 31.2 Å². The van der Waals surface area contributed by atoms with Crippen molar-refractivity contribution in [1.29, 1.82) is 0 Å². The Kier molecular flexibility index (Phi) is 6.45. The minimum atomic E-state index is -0.631. The number of carbonyl (C=O) groups is 1. The van der Waals surface area contributed by atoms with Gasteiger partial charge in [0.15, 0.2) is 0 Å². The molecule has 2 N–H and O–H groups in total. The molecule has 2 fully saturated rings. The van der Waals surface area contributed by atoms with Crippen molar-refractivity contribution in [3.8, 4) is 0 Å². The molecule has 3 aromatic rings. The molecule has 1 aromatic heterocycles. The van der Waals surface area contributed by atoms with Crippen LogP contribution in [0.2, 0.25) is 0 Å². The number of fused-ring (bicyclic) bond motifs is 1. The molecule has 1 amide bonds. The van der Waals surface area contributed by atoms with E-state index in [-0.39, 0.29) is 41.2 Å². The molecule has 35 heavy (non-hydrogen) atoms. The lowest BCUT2D eigenvalue weighted by Crippen LogP contribution is -2.40. The Morgan fingerprint density at radius 3 is 2.60 bits per heavy atom. The van der Waals surface area contributed by atoms with Gasteiger partial charge in [-0.3, -0.25) is 9.59 Å². The maximum absolute atomic E-state index is 15.1. The van der Waals surface area contributed by atoms with Gasteiger partial charge in [-0.25, -0.2) is 8.78 Å². The molecule has 2 heterocycles. The van der Waals surface area contributed by atoms with E-state index in [2.05, 4.69) is 10.6 Å². The molecule has 2 aliphatic rings. The van der Waals surface area contributed by atoms with Crippen molar-refractivity contribution in [2.24, 2.45) is 5.92 Å². The van der Waals surface area contributed by atoms with Crippen molar-refractivity contribution in [3.05, 3.63) is 81.3 Å².